The number of fused-ring (bicyclic) bond motifs is 1. The van der Waals surface area contributed by atoms with Gasteiger partial charge in [0.15, 0.2) is 11.6 Å². The van der Waals surface area contributed by atoms with Crippen LogP contribution in [0.25, 0.3) is 10.8 Å². The number of hydrogen-bond acceptors (Lipinski definition) is 5. The molecule has 0 unspecified atom stereocenters. The lowest BCUT2D eigenvalue weighted by Crippen LogP contribution is -2.15. The van der Waals surface area contributed by atoms with E-state index in [-0.39, 0.29) is 17.7 Å². The second-order valence-electron chi connectivity index (χ2n) is 6.33. The average Bonchev–Trinajstić information content (AvgIpc) is 2.76. The lowest BCUT2D eigenvalue weighted by molar-refractivity contribution is 0.102. The molecule has 0 saturated carbocycles. The minimum Gasteiger partial charge on any atom is -0.493 e. The van der Waals surface area contributed by atoms with E-state index in [4.69, 9.17) is 9.47 Å². The Bertz CT molecular complexity index is 1200. The largest absolute Gasteiger partial charge is 0.493 e. The van der Waals surface area contributed by atoms with E-state index in [1.54, 1.807) is 18.2 Å². The smallest absolute Gasteiger partial charge is 0.322 e. The Morgan fingerprint density at radius 3 is 2.47 bits per heavy atom. The number of hydrogen-bond donors (Lipinski definition) is 1. The molecule has 0 aliphatic rings. The molecule has 7 heteroatoms. The van der Waals surface area contributed by atoms with Crippen LogP contribution in [-0.4, -0.2) is 22.5 Å². The van der Waals surface area contributed by atoms with Crippen molar-refractivity contribution in [2.45, 2.75) is 6.92 Å². The summed E-state index contributed by atoms with van der Waals surface area (Å²) >= 11 is 0. The number of ether oxygens (including phenoxy) is 2. The molecule has 1 N–H and O–H groups in total. The van der Waals surface area contributed by atoms with Crippen molar-refractivity contribution in [2.75, 3.05) is 11.9 Å². The minimum absolute atomic E-state index is 0.0198. The third-order valence-electron chi connectivity index (χ3n) is 4.34. The standard InChI is InChI=1S/C23H18FN3O3/c1-2-29-20-12-11-15-7-3-4-8-17(15)21(20)22(28)27-16-13-25-23(26-14-16)30-19-10-6-5-9-18(19)24/h3-14H,2H2,1H3,(H,27,28). The van der Waals surface area contributed by atoms with Gasteiger partial charge in [-0.1, -0.05) is 42.5 Å². The van der Waals surface area contributed by atoms with E-state index in [1.807, 2.05) is 37.3 Å². The van der Waals surface area contributed by atoms with Crippen LogP contribution in [0.5, 0.6) is 17.5 Å². The lowest BCUT2D eigenvalue weighted by Gasteiger charge is -2.13. The number of benzene rings is 3. The molecular weight excluding hydrogens is 385 g/mol. The minimum atomic E-state index is -0.516. The molecule has 30 heavy (non-hydrogen) atoms. The molecule has 3 aromatic carbocycles. The van der Waals surface area contributed by atoms with E-state index in [0.717, 1.165) is 10.8 Å². The van der Waals surface area contributed by atoms with Crippen LogP contribution in [0.2, 0.25) is 0 Å². The summed E-state index contributed by atoms with van der Waals surface area (Å²) in [5, 5.41) is 4.48. The van der Waals surface area contributed by atoms with Crippen molar-refractivity contribution in [1.29, 1.82) is 0 Å². The van der Waals surface area contributed by atoms with Gasteiger partial charge >= 0.3 is 6.01 Å². The van der Waals surface area contributed by atoms with E-state index in [1.165, 1.54) is 24.5 Å². The van der Waals surface area contributed by atoms with Crippen LogP contribution < -0.4 is 14.8 Å². The Kier molecular flexibility index (Phi) is 5.52. The summed E-state index contributed by atoms with van der Waals surface area (Å²) in [6.45, 7) is 2.29. The molecule has 0 aliphatic carbocycles. The quantitative estimate of drug-likeness (QED) is 0.478. The zero-order chi connectivity index (χ0) is 20.9. The highest BCUT2D eigenvalue weighted by Crippen LogP contribution is 2.29. The summed E-state index contributed by atoms with van der Waals surface area (Å²) in [6.07, 6.45) is 2.79. The number of anilines is 1. The van der Waals surface area contributed by atoms with Gasteiger partial charge in [-0.15, -0.1) is 0 Å². The predicted molar refractivity (Wildman–Crippen MR) is 112 cm³/mol. The molecule has 150 valence electrons. The Labute approximate surface area is 172 Å². The lowest BCUT2D eigenvalue weighted by atomic mass is 10.0. The summed E-state index contributed by atoms with van der Waals surface area (Å²) < 4.78 is 24.7. The normalized spacial score (nSPS) is 10.6. The molecule has 4 rings (SSSR count). The number of nitrogens with zero attached hydrogens (tertiary/aromatic N) is 2. The van der Waals surface area contributed by atoms with Crippen LogP contribution >= 0.6 is 0 Å². The first kappa shape index (κ1) is 19.3. The second-order valence-corrected chi connectivity index (χ2v) is 6.33. The molecule has 0 atom stereocenters. The zero-order valence-corrected chi connectivity index (χ0v) is 16.1. The van der Waals surface area contributed by atoms with Gasteiger partial charge in [-0.3, -0.25) is 4.79 Å². The van der Waals surface area contributed by atoms with Gasteiger partial charge in [0.2, 0.25) is 0 Å². The van der Waals surface area contributed by atoms with Crippen molar-refractivity contribution in [3.05, 3.63) is 84.4 Å². The first-order chi connectivity index (χ1) is 14.7. The molecule has 0 bridgehead atoms. The fraction of sp³-hybridized carbons (Fsp3) is 0.0870. The highest BCUT2D eigenvalue weighted by atomic mass is 19.1. The van der Waals surface area contributed by atoms with E-state index >= 15 is 0 Å². The monoisotopic (exact) mass is 403 g/mol. The molecule has 6 nitrogen and oxygen atoms in total. The number of carbonyl (C=O) groups excluding carboxylic acids is 1. The van der Waals surface area contributed by atoms with E-state index < -0.39 is 5.82 Å². The summed E-state index contributed by atoms with van der Waals surface area (Å²) in [4.78, 5) is 21.1. The highest BCUT2D eigenvalue weighted by Gasteiger charge is 2.17. The van der Waals surface area contributed by atoms with Gasteiger partial charge in [0.05, 0.1) is 30.3 Å². The number of aromatic nitrogens is 2. The van der Waals surface area contributed by atoms with Crippen molar-refractivity contribution in [1.82, 2.24) is 9.97 Å². The topological polar surface area (TPSA) is 73.3 Å². The van der Waals surface area contributed by atoms with Gasteiger partial charge in [0.25, 0.3) is 5.91 Å². The average molecular weight is 403 g/mol. The number of carbonyl (C=O) groups is 1. The van der Waals surface area contributed by atoms with Crippen LogP contribution in [0.4, 0.5) is 10.1 Å². The molecule has 1 aromatic heterocycles. The molecule has 0 aliphatic heterocycles. The predicted octanol–water partition coefficient (Wildman–Crippen LogP) is 5.21. The van der Waals surface area contributed by atoms with Crippen molar-refractivity contribution >= 4 is 22.4 Å². The van der Waals surface area contributed by atoms with Gasteiger partial charge in [-0.05, 0) is 35.9 Å². The molecule has 0 fully saturated rings. The zero-order valence-electron chi connectivity index (χ0n) is 16.1. The first-order valence-corrected chi connectivity index (χ1v) is 9.36. The summed E-state index contributed by atoms with van der Waals surface area (Å²) in [6, 6.07) is 17.2. The van der Waals surface area contributed by atoms with Crippen molar-refractivity contribution < 1.29 is 18.7 Å². The number of rotatable bonds is 6. The maximum atomic E-state index is 13.7. The molecule has 1 heterocycles. The molecule has 1 amide bonds. The maximum absolute atomic E-state index is 13.7. The van der Waals surface area contributed by atoms with Crippen LogP contribution in [-0.2, 0) is 0 Å². The Morgan fingerprint density at radius 1 is 0.967 bits per heavy atom. The number of para-hydroxylation sites is 1. The second kappa shape index (κ2) is 8.57. The van der Waals surface area contributed by atoms with Crippen LogP contribution in [0.3, 0.4) is 0 Å². The Hall–Kier alpha value is -4.00. The highest BCUT2D eigenvalue weighted by molar-refractivity contribution is 6.14. The van der Waals surface area contributed by atoms with E-state index in [2.05, 4.69) is 15.3 Å². The van der Waals surface area contributed by atoms with Crippen LogP contribution in [0, 0.1) is 5.82 Å². The molecular formula is C23H18FN3O3. The van der Waals surface area contributed by atoms with Gasteiger partial charge in [0.1, 0.15) is 5.75 Å². The van der Waals surface area contributed by atoms with Crippen molar-refractivity contribution in [2.24, 2.45) is 0 Å². The SMILES string of the molecule is CCOc1ccc2ccccc2c1C(=O)Nc1cnc(Oc2ccccc2F)nc1. The van der Waals surface area contributed by atoms with Gasteiger partial charge in [-0.25, -0.2) is 14.4 Å². The Morgan fingerprint density at radius 2 is 1.70 bits per heavy atom. The summed E-state index contributed by atoms with van der Waals surface area (Å²) in [7, 11) is 0. The van der Waals surface area contributed by atoms with Gasteiger partial charge < -0.3 is 14.8 Å². The number of amides is 1. The third kappa shape index (κ3) is 4.05. The van der Waals surface area contributed by atoms with Crippen molar-refractivity contribution in [3.63, 3.8) is 0 Å². The van der Waals surface area contributed by atoms with E-state index in [9.17, 15) is 9.18 Å². The third-order valence-corrected chi connectivity index (χ3v) is 4.34. The summed E-state index contributed by atoms with van der Waals surface area (Å²) in [5.74, 6) is -0.347. The fourth-order valence-electron chi connectivity index (χ4n) is 3.01. The molecule has 0 saturated heterocycles. The summed E-state index contributed by atoms with van der Waals surface area (Å²) in [5.41, 5.74) is 0.804. The number of halogens is 1. The number of nitrogens with one attached hydrogen (secondary N) is 1. The van der Waals surface area contributed by atoms with Crippen LogP contribution in [0.1, 0.15) is 17.3 Å². The van der Waals surface area contributed by atoms with E-state index in [0.29, 0.717) is 23.6 Å². The molecule has 0 radical (unpaired) electrons. The van der Waals surface area contributed by atoms with Crippen LogP contribution in [0.15, 0.2) is 73.1 Å². The maximum Gasteiger partial charge on any atom is 0.322 e. The molecule has 0 spiro atoms. The fourth-order valence-corrected chi connectivity index (χ4v) is 3.01. The van der Waals surface area contributed by atoms with Gasteiger partial charge in [0, 0.05) is 0 Å². The first-order valence-electron chi connectivity index (χ1n) is 9.36. The molecule has 4 aromatic rings. The van der Waals surface area contributed by atoms with Crippen molar-refractivity contribution in [3.8, 4) is 17.5 Å². The Balaban J connectivity index is 1.57. The van der Waals surface area contributed by atoms with Gasteiger partial charge in [-0.2, -0.15) is 0 Å².